The van der Waals surface area contributed by atoms with Crippen molar-refractivity contribution in [1.82, 2.24) is 9.80 Å². The molecule has 0 aliphatic carbocycles. The molecule has 0 unspecified atom stereocenters. The number of nitrogens with two attached hydrogens (primary N) is 1. The van der Waals surface area contributed by atoms with Gasteiger partial charge in [-0.15, -0.1) is 0 Å². The molecule has 1 rings (SSSR count). The summed E-state index contributed by atoms with van der Waals surface area (Å²) >= 11 is 0. The molecule has 0 bridgehead atoms. The van der Waals surface area contributed by atoms with E-state index in [2.05, 4.69) is 30.6 Å². The minimum absolute atomic E-state index is 0.485. The Hall–Kier alpha value is -0.120. The summed E-state index contributed by atoms with van der Waals surface area (Å²) in [6, 6.07) is 0. The third-order valence-electron chi connectivity index (χ3n) is 3.76. The van der Waals surface area contributed by atoms with Gasteiger partial charge in [-0.25, -0.2) is 0 Å². The molecule has 2 N–H and O–H groups in total. The van der Waals surface area contributed by atoms with Crippen LogP contribution in [-0.4, -0.2) is 55.6 Å². The van der Waals surface area contributed by atoms with Crippen molar-refractivity contribution in [3.63, 3.8) is 0 Å². The first kappa shape index (κ1) is 15.9. The van der Waals surface area contributed by atoms with E-state index < -0.39 is 0 Å². The first-order valence-corrected chi connectivity index (χ1v) is 7.66. The molecule has 1 fully saturated rings. The zero-order chi connectivity index (χ0) is 13.4. The molecular weight excluding hydrogens is 222 g/mol. The molecule has 1 aliphatic heterocycles. The number of rotatable bonds is 6. The van der Waals surface area contributed by atoms with Gasteiger partial charge in [-0.2, -0.15) is 0 Å². The van der Waals surface area contributed by atoms with Crippen LogP contribution in [0.2, 0.25) is 0 Å². The number of hydrogen-bond donors (Lipinski definition) is 1. The van der Waals surface area contributed by atoms with Crippen LogP contribution in [0.5, 0.6) is 0 Å². The van der Waals surface area contributed by atoms with E-state index in [1.807, 2.05) is 0 Å². The molecular formula is C15H33N3. The lowest BCUT2D eigenvalue weighted by atomic mass is 9.90. The molecule has 1 saturated heterocycles. The Bertz CT molecular complexity index is 210. The fraction of sp³-hybridized carbons (Fsp3) is 1.00. The van der Waals surface area contributed by atoms with Crippen molar-refractivity contribution in [2.45, 2.75) is 46.5 Å². The Kier molecular flexibility index (Phi) is 7.20. The van der Waals surface area contributed by atoms with E-state index in [9.17, 15) is 0 Å². The van der Waals surface area contributed by atoms with Gasteiger partial charge in [-0.3, -0.25) is 0 Å². The Labute approximate surface area is 114 Å². The Morgan fingerprint density at radius 3 is 1.94 bits per heavy atom. The van der Waals surface area contributed by atoms with Crippen molar-refractivity contribution in [3.05, 3.63) is 0 Å². The molecule has 0 radical (unpaired) electrons. The van der Waals surface area contributed by atoms with Gasteiger partial charge in [-0.05, 0) is 63.8 Å². The first-order valence-electron chi connectivity index (χ1n) is 7.66. The maximum absolute atomic E-state index is 5.58. The SMILES string of the molecule is CC(C)(C)CCCN1CCCN(CCCN)CC1. The van der Waals surface area contributed by atoms with E-state index in [1.165, 1.54) is 58.5 Å². The van der Waals surface area contributed by atoms with E-state index in [0.717, 1.165) is 13.0 Å². The van der Waals surface area contributed by atoms with Gasteiger partial charge in [0, 0.05) is 13.1 Å². The molecule has 108 valence electrons. The van der Waals surface area contributed by atoms with Crippen molar-refractivity contribution >= 4 is 0 Å². The Morgan fingerprint density at radius 1 is 0.889 bits per heavy atom. The molecule has 0 aromatic carbocycles. The summed E-state index contributed by atoms with van der Waals surface area (Å²) in [6.45, 7) is 15.3. The third-order valence-corrected chi connectivity index (χ3v) is 3.76. The van der Waals surface area contributed by atoms with Gasteiger partial charge in [0.2, 0.25) is 0 Å². The van der Waals surface area contributed by atoms with Crippen LogP contribution in [0, 0.1) is 5.41 Å². The molecule has 0 amide bonds. The van der Waals surface area contributed by atoms with Crippen molar-refractivity contribution in [2.24, 2.45) is 11.1 Å². The molecule has 3 heteroatoms. The highest BCUT2D eigenvalue weighted by Crippen LogP contribution is 2.20. The average molecular weight is 255 g/mol. The molecule has 0 spiro atoms. The fourth-order valence-electron chi connectivity index (χ4n) is 2.62. The standard InChI is InChI=1S/C15H33N3/c1-15(2,3)7-4-9-17-11-6-12-18(14-13-17)10-5-8-16/h4-14,16H2,1-3H3. The van der Waals surface area contributed by atoms with Crippen molar-refractivity contribution < 1.29 is 0 Å². The number of nitrogens with zero attached hydrogens (tertiary/aromatic N) is 2. The van der Waals surface area contributed by atoms with E-state index in [-0.39, 0.29) is 0 Å². The van der Waals surface area contributed by atoms with Crippen LogP contribution in [0.25, 0.3) is 0 Å². The monoisotopic (exact) mass is 255 g/mol. The second-order valence-corrected chi connectivity index (χ2v) is 6.84. The quantitative estimate of drug-likeness (QED) is 0.789. The van der Waals surface area contributed by atoms with E-state index >= 15 is 0 Å². The smallest absolute Gasteiger partial charge is 0.0109 e. The summed E-state index contributed by atoms with van der Waals surface area (Å²) in [4.78, 5) is 5.23. The van der Waals surface area contributed by atoms with Gasteiger partial charge >= 0.3 is 0 Å². The predicted molar refractivity (Wildman–Crippen MR) is 79.9 cm³/mol. The molecule has 1 aliphatic rings. The van der Waals surface area contributed by atoms with Gasteiger partial charge in [0.25, 0.3) is 0 Å². The second kappa shape index (κ2) is 8.13. The highest BCUT2D eigenvalue weighted by atomic mass is 15.2. The van der Waals surface area contributed by atoms with Crippen LogP contribution >= 0.6 is 0 Å². The highest BCUT2D eigenvalue weighted by molar-refractivity contribution is 4.71. The van der Waals surface area contributed by atoms with Crippen LogP contribution in [0.4, 0.5) is 0 Å². The first-order chi connectivity index (χ1) is 8.51. The van der Waals surface area contributed by atoms with Crippen molar-refractivity contribution in [1.29, 1.82) is 0 Å². The van der Waals surface area contributed by atoms with Crippen LogP contribution < -0.4 is 5.73 Å². The van der Waals surface area contributed by atoms with Gasteiger partial charge < -0.3 is 15.5 Å². The summed E-state index contributed by atoms with van der Waals surface area (Å²) in [5, 5.41) is 0. The van der Waals surface area contributed by atoms with Crippen LogP contribution in [-0.2, 0) is 0 Å². The average Bonchev–Trinajstić information content (AvgIpc) is 2.50. The van der Waals surface area contributed by atoms with Crippen LogP contribution in [0.1, 0.15) is 46.5 Å². The predicted octanol–water partition coefficient (Wildman–Crippen LogP) is 2.17. The largest absolute Gasteiger partial charge is 0.330 e. The highest BCUT2D eigenvalue weighted by Gasteiger charge is 2.15. The topological polar surface area (TPSA) is 32.5 Å². The molecule has 0 atom stereocenters. The van der Waals surface area contributed by atoms with E-state index in [0.29, 0.717) is 5.41 Å². The van der Waals surface area contributed by atoms with Crippen LogP contribution in [0.15, 0.2) is 0 Å². The third kappa shape index (κ3) is 7.34. The van der Waals surface area contributed by atoms with Crippen molar-refractivity contribution in [2.75, 3.05) is 45.8 Å². The van der Waals surface area contributed by atoms with Gasteiger partial charge in [0.15, 0.2) is 0 Å². The van der Waals surface area contributed by atoms with Gasteiger partial charge in [0.1, 0.15) is 0 Å². The summed E-state index contributed by atoms with van der Waals surface area (Å²) in [5.74, 6) is 0. The zero-order valence-electron chi connectivity index (χ0n) is 12.7. The minimum Gasteiger partial charge on any atom is -0.330 e. The fourth-order valence-corrected chi connectivity index (χ4v) is 2.62. The summed E-state index contributed by atoms with van der Waals surface area (Å²) in [6.07, 6.45) is 5.14. The Balaban J connectivity index is 2.17. The molecule has 0 saturated carbocycles. The zero-order valence-corrected chi connectivity index (χ0v) is 12.7. The number of hydrogen-bond acceptors (Lipinski definition) is 3. The van der Waals surface area contributed by atoms with E-state index in [4.69, 9.17) is 5.73 Å². The summed E-state index contributed by atoms with van der Waals surface area (Å²) in [7, 11) is 0. The van der Waals surface area contributed by atoms with Gasteiger partial charge in [0.05, 0.1) is 0 Å². The lowest BCUT2D eigenvalue weighted by Crippen LogP contribution is -2.32. The maximum atomic E-state index is 5.58. The molecule has 1 heterocycles. The lowest BCUT2D eigenvalue weighted by molar-refractivity contribution is 0.241. The summed E-state index contributed by atoms with van der Waals surface area (Å²) < 4.78 is 0. The van der Waals surface area contributed by atoms with E-state index in [1.54, 1.807) is 0 Å². The lowest BCUT2D eigenvalue weighted by Gasteiger charge is -2.24. The molecule has 18 heavy (non-hydrogen) atoms. The summed E-state index contributed by atoms with van der Waals surface area (Å²) in [5.41, 5.74) is 6.07. The molecule has 3 nitrogen and oxygen atoms in total. The minimum atomic E-state index is 0.485. The molecule has 0 aromatic rings. The Morgan fingerprint density at radius 2 is 1.44 bits per heavy atom. The maximum Gasteiger partial charge on any atom is 0.0109 e. The van der Waals surface area contributed by atoms with Crippen LogP contribution in [0.3, 0.4) is 0 Å². The normalized spacial score (nSPS) is 20.0. The van der Waals surface area contributed by atoms with Gasteiger partial charge in [-0.1, -0.05) is 20.8 Å². The van der Waals surface area contributed by atoms with Crippen molar-refractivity contribution in [3.8, 4) is 0 Å². The second-order valence-electron chi connectivity index (χ2n) is 6.84. The molecule has 0 aromatic heterocycles.